The van der Waals surface area contributed by atoms with Crippen LogP contribution < -0.4 is 27.0 Å². The lowest BCUT2D eigenvalue weighted by Crippen LogP contribution is -2.48. The van der Waals surface area contributed by atoms with E-state index in [0.29, 0.717) is 98.0 Å². The number of amides is 5. The van der Waals surface area contributed by atoms with Crippen molar-refractivity contribution in [1.82, 2.24) is 30.1 Å². The Morgan fingerprint density at radius 1 is 0.928 bits per heavy atom. The van der Waals surface area contributed by atoms with Gasteiger partial charge in [-0.25, -0.2) is 17.9 Å². The summed E-state index contributed by atoms with van der Waals surface area (Å²) in [5, 5.41) is 11.3. The maximum atomic E-state index is 15.7. The topological polar surface area (TPSA) is 241 Å². The highest BCUT2D eigenvalue weighted by molar-refractivity contribution is 7.82. The third kappa shape index (κ3) is 12.6. The summed E-state index contributed by atoms with van der Waals surface area (Å²) in [6, 6.07) is 15.7. The average Bonchev–Trinajstić information content (AvgIpc) is 4.16. The lowest BCUT2D eigenvalue weighted by Gasteiger charge is -2.24. The Balaban J connectivity index is 0.754. The van der Waals surface area contributed by atoms with Gasteiger partial charge in [0.2, 0.25) is 11.8 Å². The first-order chi connectivity index (χ1) is 33.5. The summed E-state index contributed by atoms with van der Waals surface area (Å²) >= 11 is 0. The molecule has 366 valence electrons. The van der Waals surface area contributed by atoms with Gasteiger partial charge in [0.1, 0.15) is 34.9 Å². The summed E-state index contributed by atoms with van der Waals surface area (Å²) in [6.07, 6.45) is 5.36. The molecule has 20 heteroatoms. The number of fused-ring (bicyclic) bond motifs is 2. The Morgan fingerprint density at radius 2 is 1.68 bits per heavy atom. The van der Waals surface area contributed by atoms with Gasteiger partial charge in [-0.15, -0.1) is 0 Å². The van der Waals surface area contributed by atoms with E-state index in [1.807, 2.05) is 10.4 Å². The zero-order valence-corrected chi connectivity index (χ0v) is 39.2. The van der Waals surface area contributed by atoms with Crippen molar-refractivity contribution in [3.8, 4) is 22.3 Å². The van der Waals surface area contributed by atoms with Gasteiger partial charge in [-0.3, -0.25) is 28.9 Å². The lowest BCUT2D eigenvalue weighted by molar-refractivity contribution is -0.125. The number of aldehydes is 1. The van der Waals surface area contributed by atoms with E-state index in [1.54, 1.807) is 42.5 Å². The predicted molar refractivity (Wildman–Crippen MR) is 255 cm³/mol. The summed E-state index contributed by atoms with van der Waals surface area (Å²) in [5.74, 6) is -2.28. The van der Waals surface area contributed by atoms with Gasteiger partial charge in [0.15, 0.2) is 0 Å². The van der Waals surface area contributed by atoms with Crippen molar-refractivity contribution >= 4 is 58.3 Å². The number of nitrogens with one attached hydrogen (secondary N) is 4. The lowest BCUT2D eigenvalue weighted by atomic mass is 9.94. The predicted octanol–water partition coefficient (Wildman–Crippen LogP) is 3.66. The number of nitrogens with two attached hydrogens (primary N) is 1. The molecule has 2 unspecified atom stereocenters. The molecule has 2 atom stereocenters. The number of carbonyl (C=O) groups excluding carboxylic acids is 6. The van der Waals surface area contributed by atoms with Crippen LogP contribution in [0.4, 0.5) is 15.9 Å². The van der Waals surface area contributed by atoms with Crippen molar-refractivity contribution in [2.24, 2.45) is 0 Å². The van der Waals surface area contributed by atoms with Crippen LogP contribution in [0.5, 0.6) is 0 Å². The highest BCUT2D eigenvalue weighted by atomic mass is 32.2. The Morgan fingerprint density at radius 3 is 2.42 bits per heavy atom. The first-order valence-electron chi connectivity index (χ1n) is 23.1. The van der Waals surface area contributed by atoms with E-state index in [1.165, 1.54) is 25.4 Å². The summed E-state index contributed by atoms with van der Waals surface area (Å²) in [6.45, 7) is 3.39. The number of aromatic nitrogens is 1. The molecule has 69 heavy (non-hydrogen) atoms. The maximum absolute atomic E-state index is 15.7. The van der Waals surface area contributed by atoms with Gasteiger partial charge in [-0.05, 0) is 79.6 Å². The normalized spacial score (nSPS) is 15.1. The Labute approximate surface area is 401 Å². The Bertz CT molecular complexity index is 2580. The molecule has 2 aliphatic heterocycles. The molecular formula is C49H57FN8O10S. The molecule has 0 bridgehead atoms. The van der Waals surface area contributed by atoms with Crippen LogP contribution in [0, 0.1) is 5.82 Å². The highest BCUT2D eigenvalue weighted by Gasteiger charge is 2.43. The molecule has 1 fully saturated rings. The van der Waals surface area contributed by atoms with Crippen molar-refractivity contribution in [2.45, 2.75) is 61.9 Å². The van der Waals surface area contributed by atoms with Crippen LogP contribution in [-0.4, -0.2) is 139 Å². The van der Waals surface area contributed by atoms with Gasteiger partial charge < -0.3 is 46.0 Å². The molecular weight excluding hydrogens is 912 g/mol. The molecule has 18 nitrogen and oxygen atoms in total. The second-order valence-corrected chi connectivity index (χ2v) is 18.0. The molecule has 0 radical (unpaired) electrons. The van der Waals surface area contributed by atoms with Crippen molar-refractivity contribution < 1.29 is 51.6 Å². The van der Waals surface area contributed by atoms with Crippen LogP contribution in [0.15, 0.2) is 71.8 Å². The van der Waals surface area contributed by atoms with Crippen molar-refractivity contribution in [3.05, 3.63) is 94.9 Å². The van der Waals surface area contributed by atoms with Crippen LogP contribution in [0.3, 0.4) is 0 Å². The van der Waals surface area contributed by atoms with E-state index < -0.39 is 40.6 Å². The fraction of sp³-hybridized carbons (Fsp3) is 0.408. The molecule has 6 N–H and O–H groups in total. The molecule has 1 aromatic heterocycles. The number of hydrogen-bond acceptors (Lipinski definition) is 13. The minimum Gasteiger partial charge on any atom is -0.383 e. The summed E-state index contributed by atoms with van der Waals surface area (Å²) < 4.78 is 48.0. The number of carbonyl (C=O) groups is 6. The average molecular weight is 969 g/mol. The van der Waals surface area contributed by atoms with Crippen molar-refractivity contribution in [3.63, 3.8) is 0 Å². The number of rotatable bonds is 27. The van der Waals surface area contributed by atoms with Gasteiger partial charge >= 0.3 is 0 Å². The summed E-state index contributed by atoms with van der Waals surface area (Å²) in [5.41, 5.74) is 10.8. The maximum Gasteiger partial charge on any atom is 0.264 e. The summed E-state index contributed by atoms with van der Waals surface area (Å²) in [4.78, 5) is 80.2. The van der Waals surface area contributed by atoms with Crippen LogP contribution in [0.2, 0.25) is 0 Å². The number of anilines is 2. The highest BCUT2D eigenvalue weighted by Crippen LogP contribution is 2.35. The van der Waals surface area contributed by atoms with Crippen molar-refractivity contribution in [1.29, 1.82) is 0 Å². The third-order valence-electron chi connectivity index (χ3n) is 11.9. The van der Waals surface area contributed by atoms with Gasteiger partial charge in [0, 0.05) is 86.2 Å². The number of imide groups is 1. The quantitative estimate of drug-likeness (QED) is 0.0326. The van der Waals surface area contributed by atoms with Crippen molar-refractivity contribution in [2.75, 3.05) is 83.9 Å². The zero-order chi connectivity index (χ0) is 48.9. The zero-order valence-electron chi connectivity index (χ0n) is 38.4. The largest absolute Gasteiger partial charge is 0.383 e. The number of nitrogens with zero attached hydrogens (tertiary/aromatic N) is 3. The van der Waals surface area contributed by atoms with E-state index >= 15 is 4.39 Å². The van der Waals surface area contributed by atoms with Gasteiger partial charge in [-0.1, -0.05) is 24.3 Å². The van der Waals surface area contributed by atoms with Gasteiger partial charge in [0.05, 0.1) is 55.7 Å². The second kappa shape index (κ2) is 24.2. The number of nitrogen functional groups attached to an aromatic ring is 1. The molecule has 1 saturated carbocycles. The van der Waals surface area contributed by atoms with E-state index in [2.05, 4.69) is 26.3 Å². The van der Waals surface area contributed by atoms with E-state index in [9.17, 15) is 33.0 Å². The Hall–Kier alpha value is -6.45. The van der Waals surface area contributed by atoms with Crippen LogP contribution in [0.25, 0.3) is 22.3 Å². The van der Waals surface area contributed by atoms with Crippen LogP contribution >= 0.6 is 0 Å². The molecule has 1 aliphatic carbocycles. The number of benzene rings is 3. The first-order valence-corrected chi connectivity index (χ1v) is 24.2. The number of likely N-dealkylation sites (N-methyl/N-ethyl adjacent to an activating group) is 1. The summed E-state index contributed by atoms with van der Waals surface area (Å²) in [7, 11) is -0.211. The molecule has 3 aromatic carbocycles. The van der Waals surface area contributed by atoms with E-state index in [4.69, 9.17) is 19.9 Å². The van der Waals surface area contributed by atoms with E-state index in [0.717, 1.165) is 28.9 Å². The van der Waals surface area contributed by atoms with Crippen LogP contribution in [0.1, 0.15) is 75.2 Å². The second-order valence-electron chi connectivity index (χ2n) is 16.6. The first kappa shape index (κ1) is 50.4. The van der Waals surface area contributed by atoms with Gasteiger partial charge in [0.25, 0.3) is 17.7 Å². The smallest absolute Gasteiger partial charge is 0.264 e. The minimum absolute atomic E-state index is 0.0168. The number of hydrogen-bond donors (Lipinski definition) is 5. The molecule has 3 heterocycles. The number of halogens is 1. The SMILES string of the molecule is CNC(=O)C(CCC=O)N1C(=O)c2cccc(NCCOCCOCCOCCC(=O)NCCCN(C3CC3)S(=O)c3ccc(-c4cnc(N)c(-c5ccc6c(c5)CCNC6=O)c4)c(F)c3)c2C1=O. The van der Waals surface area contributed by atoms with Crippen LogP contribution in [-0.2, 0) is 46.0 Å². The standard InChI is InChI=1S/C49H57FN8O10S/c1-52-47(62)42(7-3-20-59)58-48(63)38-5-2-6-41(44(38)49(58)64)53-18-22-67-24-26-68-25-23-66-21-15-43(60)54-16-4-19-57(34-9-10-34)69(65)35-11-13-36(40(50)29-35)33-28-39(45(51)56-30-33)31-8-12-37-32(27-31)14-17-55-46(37)61/h2,5-6,8,11-13,20,27-30,34,42,53H,3-4,7,9-10,14-19,21-26H2,1H3,(H2,51,56)(H,52,62)(H,54,60)(H,55,61). The third-order valence-corrected chi connectivity index (χ3v) is 13.5. The minimum atomic E-state index is -1.61. The molecule has 3 aliphatic rings. The molecule has 5 amide bonds. The molecule has 0 spiro atoms. The number of pyridine rings is 1. The van der Waals surface area contributed by atoms with Gasteiger partial charge in [-0.2, -0.15) is 0 Å². The molecule has 4 aromatic rings. The fourth-order valence-corrected chi connectivity index (χ4v) is 9.64. The van der Waals surface area contributed by atoms with E-state index in [-0.39, 0.29) is 73.9 Å². The monoisotopic (exact) mass is 968 g/mol. The molecule has 7 rings (SSSR count). The number of ether oxygens (including phenoxy) is 3. The fourth-order valence-electron chi connectivity index (χ4n) is 8.21. The Kier molecular flexibility index (Phi) is 17.7. The molecule has 0 saturated heterocycles.